The van der Waals surface area contributed by atoms with E-state index in [1.165, 1.54) is 4.90 Å². The Morgan fingerprint density at radius 2 is 1.91 bits per heavy atom. The molecule has 1 N–H and O–H groups in total. The molecule has 1 fully saturated rings. The molecule has 0 radical (unpaired) electrons. The fraction of sp³-hybridized carbons (Fsp3) is 0.562. The second-order valence-corrected chi connectivity index (χ2v) is 5.52. The van der Waals surface area contributed by atoms with Crippen LogP contribution in [0.1, 0.15) is 38.3 Å². The lowest BCUT2D eigenvalue weighted by Gasteiger charge is -2.32. The summed E-state index contributed by atoms with van der Waals surface area (Å²) in [6, 6.07) is 6.99. The number of benzene rings is 1. The van der Waals surface area contributed by atoms with E-state index in [4.69, 9.17) is 4.74 Å². The first kappa shape index (κ1) is 16.5. The highest BCUT2D eigenvalue weighted by Crippen LogP contribution is 2.27. The van der Waals surface area contributed by atoms with Crippen molar-refractivity contribution in [2.75, 3.05) is 19.7 Å². The van der Waals surface area contributed by atoms with Crippen molar-refractivity contribution in [2.24, 2.45) is 0 Å². The third kappa shape index (κ3) is 4.32. The van der Waals surface area contributed by atoms with Gasteiger partial charge in [0.2, 0.25) is 0 Å². The maximum Gasteiger partial charge on any atom is 0.317 e. The summed E-state index contributed by atoms with van der Waals surface area (Å²) in [4.78, 5) is 13.6. The quantitative estimate of drug-likeness (QED) is 0.923. The van der Waals surface area contributed by atoms with Crippen LogP contribution in [0.3, 0.4) is 0 Å². The topological polar surface area (TPSA) is 41.6 Å². The van der Waals surface area contributed by atoms with Crippen LogP contribution in [-0.4, -0.2) is 36.5 Å². The molecule has 1 heterocycles. The van der Waals surface area contributed by atoms with Crippen LogP contribution in [-0.2, 0) is 0 Å². The molecule has 0 aromatic heterocycles. The van der Waals surface area contributed by atoms with Gasteiger partial charge in [-0.2, -0.15) is 0 Å². The third-order valence-corrected chi connectivity index (χ3v) is 3.81. The predicted octanol–water partition coefficient (Wildman–Crippen LogP) is 3.59. The van der Waals surface area contributed by atoms with Crippen molar-refractivity contribution in [3.8, 4) is 5.75 Å². The van der Waals surface area contributed by atoms with Gasteiger partial charge in [0.05, 0.1) is 12.6 Å². The van der Waals surface area contributed by atoms with Gasteiger partial charge in [-0.3, -0.25) is 0 Å². The monoisotopic (exact) mass is 312 g/mol. The van der Waals surface area contributed by atoms with Crippen LogP contribution < -0.4 is 10.1 Å². The summed E-state index contributed by atoms with van der Waals surface area (Å²) in [5.41, 5.74) is 0.944. The maximum absolute atomic E-state index is 13.1. The molecule has 1 atom stereocenters. The number of nitrogens with one attached hydrogen (secondary N) is 1. The summed E-state index contributed by atoms with van der Waals surface area (Å²) in [6.45, 7) is 4.57. The highest BCUT2D eigenvalue weighted by molar-refractivity contribution is 5.74. The van der Waals surface area contributed by atoms with Gasteiger partial charge in [-0.15, -0.1) is 0 Å². The number of likely N-dealkylation sites (tertiary alicyclic amines) is 1. The van der Waals surface area contributed by atoms with E-state index in [9.17, 15) is 13.6 Å². The Morgan fingerprint density at radius 3 is 2.45 bits per heavy atom. The Balaban J connectivity index is 1.88. The molecule has 1 aliphatic heterocycles. The minimum Gasteiger partial charge on any atom is -0.494 e. The lowest BCUT2D eigenvalue weighted by molar-refractivity contribution is -0.0470. The largest absolute Gasteiger partial charge is 0.494 e. The number of urea groups is 1. The Hall–Kier alpha value is -1.85. The third-order valence-electron chi connectivity index (χ3n) is 3.81. The minimum atomic E-state index is -2.64. The molecule has 2 rings (SSSR count). The van der Waals surface area contributed by atoms with Gasteiger partial charge in [-0.05, 0) is 31.5 Å². The molecule has 0 unspecified atom stereocenters. The number of hydrogen-bond acceptors (Lipinski definition) is 2. The molecule has 1 aromatic carbocycles. The molecule has 1 aliphatic rings. The zero-order chi connectivity index (χ0) is 16.2. The number of nitrogens with zero attached hydrogens (tertiary/aromatic N) is 1. The number of piperidine rings is 1. The Morgan fingerprint density at radius 1 is 1.32 bits per heavy atom. The van der Waals surface area contributed by atoms with Crippen molar-refractivity contribution < 1.29 is 18.3 Å². The van der Waals surface area contributed by atoms with E-state index in [1.807, 2.05) is 38.1 Å². The zero-order valence-corrected chi connectivity index (χ0v) is 12.9. The van der Waals surface area contributed by atoms with Gasteiger partial charge >= 0.3 is 6.03 Å². The van der Waals surface area contributed by atoms with E-state index in [0.717, 1.165) is 11.3 Å². The van der Waals surface area contributed by atoms with Crippen LogP contribution in [0.2, 0.25) is 0 Å². The number of hydrogen-bond donors (Lipinski definition) is 1. The summed E-state index contributed by atoms with van der Waals surface area (Å²) >= 11 is 0. The molecule has 4 nitrogen and oxygen atoms in total. The van der Waals surface area contributed by atoms with E-state index in [-0.39, 0.29) is 38.0 Å². The number of alkyl halides is 2. The SMILES string of the molecule is CCOc1ccc([C@@H](C)NC(=O)N2CCC(F)(F)CC2)cc1. The van der Waals surface area contributed by atoms with Crippen LogP contribution in [0.5, 0.6) is 5.75 Å². The van der Waals surface area contributed by atoms with Crippen molar-refractivity contribution in [1.82, 2.24) is 10.2 Å². The second-order valence-electron chi connectivity index (χ2n) is 5.52. The predicted molar refractivity (Wildman–Crippen MR) is 80.3 cm³/mol. The molecule has 1 aromatic rings. The fourth-order valence-corrected chi connectivity index (χ4v) is 2.42. The van der Waals surface area contributed by atoms with Crippen LogP contribution >= 0.6 is 0 Å². The molecule has 0 bridgehead atoms. The van der Waals surface area contributed by atoms with E-state index in [0.29, 0.717) is 6.61 Å². The van der Waals surface area contributed by atoms with Gasteiger partial charge in [0, 0.05) is 25.9 Å². The number of carbonyl (C=O) groups excluding carboxylic acids is 1. The number of carbonyl (C=O) groups is 1. The second kappa shape index (κ2) is 6.94. The van der Waals surface area contributed by atoms with E-state index >= 15 is 0 Å². The van der Waals surface area contributed by atoms with Crippen LogP contribution in [0.25, 0.3) is 0 Å². The van der Waals surface area contributed by atoms with Crippen LogP contribution in [0, 0.1) is 0 Å². The molecule has 0 spiro atoms. The first-order valence-corrected chi connectivity index (χ1v) is 7.57. The molecule has 122 valence electrons. The molecular weight excluding hydrogens is 290 g/mol. The lowest BCUT2D eigenvalue weighted by atomic mass is 10.1. The first-order chi connectivity index (χ1) is 10.4. The minimum absolute atomic E-state index is 0.0921. The van der Waals surface area contributed by atoms with Crippen molar-refractivity contribution in [3.63, 3.8) is 0 Å². The molecule has 0 aliphatic carbocycles. The molecule has 22 heavy (non-hydrogen) atoms. The van der Waals surface area contributed by atoms with Crippen molar-refractivity contribution in [1.29, 1.82) is 0 Å². The average Bonchev–Trinajstić information content (AvgIpc) is 2.48. The van der Waals surface area contributed by atoms with E-state index in [1.54, 1.807) is 0 Å². The molecule has 2 amide bonds. The molecule has 1 saturated heterocycles. The first-order valence-electron chi connectivity index (χ1n) is 7.57. The maximum atomic E-state index is 13.1. The van der Waals surface area contributed by atoms with Crippen molar-refractivity contribution in [3.05, 3.63) is 29.8 Å². The number of ether oxygens (including phenoxy) is 1. The fourth-order valence-electron chi connectivity index (χ4n) is 2.42. The van der Waals surface area contributed by atoms with Gasteiger partial charge in [0.25, 0.3) is 5.92 Å². The van der Waals surface area contributed by atoms with Gasteiger partial charge in [0.1, 0.15) is 5.75 Å². The van der Waals surface area contributed by atoms with Gasteiger partial charge in [-0.25, -0.2) is 13.6 Å². The van der Waals surface area contributed by atoms with E-state index < -0.39 is 5.92 Å². The Labute approximate surface area is 129 Å². The van der Waals surface area contributed by atoms with Gasteiger partial charge in [-0.1, -0.05) is 12.1 Å². The van der Waals surface area contributed by atoms with Gasteiger partial charge in [0.15, 0.2) is 0 Å². The van der Waals surface area contributed by atoms with Crippen LogP contribution in [0.4, 0.5) is 13.6 Å². The lowest BCUT2D eigenvalue weighted by Crippen LogP contribution is -2.47. The zero-order valence-electron chi connectivity index (χ0n) is 12.9. The summed E-state index contributed by atoms with van der Waals surface area (Å²) in [6.07, 6.45) is -0.532. The summed E-state index contributed by atoms with van der Waals surface area (Å²) < 4.78 is 31.6. The summed E-state index contributed by atoms with van der Waals surface area (Å²) in [7, 11) is 0. The number of halogens is 2. The van der Waals surface area contributed by atoms with Gasteiger partial charge < -0.3 is 15.0 Å². The molecular formula is C16H22F2N2O2. The number of amides is 2. The highest BCUT2D eigenvalue weighted by atomic mass is 19.3. The standard InChI is InChI=1S/C16H22F2N2O2/c1-3-22-14-6-4-13(5-7-14)12(2)19-15(21)20-10-8-16(17,18)9-11-20/h4-7,12H,3,8-11H2,1-2H3,(H,19,21)/t12-/m1/s1. The number of rotatable bonds is 4. The Bertz CT molecular complexity index is 495. The highest BCUT2D eigenvalue weighted by Gasteiger charge is 2.35. The smallest absolute Gasteiger partial charge is 0.317 e. The van der Waals surface area contributed by atoms with Crippen LogP contribution in [0.15, 0.2) is 24.3 Å². The summed E-state index contributed by atoms with van der Waals surface area (Å²) in [5, 5.41) is 2.85. The Kier molecular flexibility index (Phi) is 5.21. The van der Waals surface area contributed by atoms with E-state index in [2.05, 4.69) is 5.32 Å². The molecule has 6 heteroatoms. The molecule has 0 saturated carbocycles. The summed E-state index contributed by atoms with van der Waals surface area (Å²) in [5.74, 6) is -1.86. The normalized spacial score (nSPS) is 18.6. The van der Waals surface area contributed by atoms with Crippen molar-refractivity contribution in [2.45, 2.75) is 38.7 Å². The van der Waals surface area contributed by atoms with Crippen molar-refractivity contribution >= 4 is 6.03 Å². The average molecular weight is 312 g/mol.